The van der Waals surface area contributed by atoms with Crippen molar-refractivity contribution in [1.29, 1.82) is 0 Å². The maximum Gasteiger partial charge on any atom is 0.343 e. The Balaban J connectivity index is 1.75. The van der Waals surface area contributed by atoms with Crippen molar-refractivity contribution >= 4 is 34.0 Å². The van der Waals surface area contributed by atoms with E-state index in [0.29, 0.717) is 17.6 Å². The van der Waals surface area contributed by atoms with Crippen LogP contribution >= 0.6 is 11.3 Å². The van der Waals surface area contributed by atoms with E-state index in [1.807, 2.05) is 42.6 Å². The molecule has 0 aliphatic rings. The summed E-state index contributed by atoms with van der Waals surface area (Å²) < 4.78 is 6.84. The van der Waals surface area contributed by atoms with Crippen molar-refractivity contribution < 1.29 is 9.53 Å². The van der Waals surface area contributed by atoms with E-state index in [2.05, 4.69) is 25.4 Å². The van der Waals surface area contributed by atoms with Crippen molar-refractivity contribution in [1.82, 2.24) is 24.6 Å². The molecule has 0 radical (unpaired) electrons. The Bertz CT molecular complexity index is 1110. The lowest BCUT2D eigenvalue weighted by molar-refractivity contribution is 0.0526. The molecule has 1 aromatic carbocycles. The van der Waals surface area contributed by atoms with Gasteiger partial charge in [0.25, 0.3) is 0 Å². The molecule has 136 valence electrons. The summed E-state index contributed by atoms with van der Waals surface area (Å²) in [6.45, 7) is 3.96. The zero-order valence-corrected chi connectivity index (χ0v) is 15.5. The monoisotopic (exact) mass is 380 g/mol. The molecule has 3 heterocycles. The number of hydrogen-bond acceptors (Lipinski definition) is 8. The lowest BCUT2D eigenvalue weighted by Crippen LogP contribution is -2.11. The third-order valence-electron chi connectivity index (χ3n) is 3.79. The Morgan fingerprint density at radius 3 is 2.81 bits per heavy atom. The van der Waals surface area contributed by atoms with Gasteiger partial charge >= 0.3 is 5.97 Å². The zero-order valence-electron chi connectivity index (χ0n) is 14.7. The van der Waals surface area contributed by atoms with Gasteiger partial charge in [-0.15, -0.1) is 16.4 Å². The summed E-state index contributed by atoms with van der Waals surface area (Å²) in [7, 11) is 0. The molecule has 0 aliphatic carbocycles. The molecule has 4 aromatic rings. The Morgan fingerprint density at radius 2 is 2.07 bits per heavy atom. The molecule has 9 heteroatoms. The maximum atomic E-state index is 12.3. The normalized spacial score (nSPS) is 10.9. The van der Waals surface area contributed by atoms with Crippen LogP contribution in [0.1, 0.15) is 23.0 Å². The van der Waals surface area contributed by atoms with Gasteiger partial charge in [0.05, 0.1) is 12.3 Å². The van der Waals surface area contributed by atoms with Gasteiger partial charge in [-0.05, 0) is 13.8 Å². The van der Waals surface area contributed by atoms with Crippen LogP contribution in [0.4, 0.5) is 11.8 Å². The second-order valence-electron chi connectivity index (χ2n) is 5.67. The van der Waals surface area contributed by atoms with Gasteiger partial charge in [0.2, 0.25) is 10.9 Å². The van der Waals surface area contributed by atoms with Crippen LogP contribution in [0.5, 0.6) is 0 Å². The number of carbonyl (C=O) groups excluding carboxylic acids is 1. The van der Waals surface area contributed by atoms with E-state index in [0.717, 1.165) is 16.2 Å². The number of aryl methyl sites for hydroxylation is 1. The van der Waals surface area contributed by atoms with Gasteiger partial charge < -0.3 is 10.1 Å². The minimum Gasteiger partial charge on any atom is -0.462 e. The highest BCUT2D eigenvalue weighted by Gasteiger charge is 2.18. The van der Waals surface area contributed by atoms with E-state index >= 15 is 0 Å². The van der Waals surface area contributed by atoms with Crippen LogP contribution in [0.2, 0.25) is 0 Å². The molecule has 1 N–H and O–H groups in total. The molecule has 0 spiro atoms. The number of ether oxygens (including phenoxy) is 1. The second-order valence-corrected chi connectivity index (χ2v) is 6.51. The molecule has 3 aromatic heterocycles. The fraction of sp³-hybridized carbons (Fsp3) is 0.167. The average molecular weight is 380 g/mol. The molecule has 8 nitrogen and oxygen atoms in total. The number of hydrogen-bond donors (Lipinski definition) is 1. The molecule has 0 atom stereocenters. The fourth-order valence-electron chi connectivity index (χ4n) is 2.51. The van der Waals surface area contributed by atoms with Crippen LogP contribution in [0.25, 0.3) is 16.3 Å². The van der Waals surface area contributed by atoms with Crippen molar-refractivity contribution in [3.63, 3.8) is 0 Å². The molecule has 0 amide bonds. The number of benzene rings is 1. The van der Waals surface area contributed by atoms with Gasteiger partial charge in [-0.2, -0.15) is 4.98 Å². The molecule has 27 heavy (non-hydrogen) atoms. The Labute approximate surface area is 158 Å². The van der Waals surface area contributed by atoms with Crippen molar-refractivity contribution in [2.75, 3.05) is 11.9 Å². The topological polar surface area (TPSA) is 94.3 Å². The van der Waals surface area contributed by atoms with Crippen molar-refractivity contribution in [2.24, 2.45) is 0 Å². The van der Waals surface area contributed by atoms with Crippen LogP contribution in [-0.2, 0) is 4.74 Å². The van der Waals surface area contributed by atoms with E-state index in [1.165, 1.54) is 17.5 Å². The first-order chi connectivity index (χ1) is 13.2. The van der Waals surface area contributed by atoms with Gasteiger partial charge in [0, 0.05) is 17.1 Å². The highest BCUT2D eigenvalue weighted by molar-refractivity contribution is 7.15. The second kappa shape index (κ2) is 7.12. The van der Waals surface area contributed by atoms with Crippen molar-refractivity contribution in [2.45, 2.75) is 13.8 Å². The SMILES string of the molecule is CCOC(=O)c1cnc(-c2ccccc2)nc1Nc1nc2scc(C)n2n1. The zero-order chi connectivity index (χ0) is 18.8. The molecule has 0 bridgehead atoms. The first kappa shape index (κ1) is 17.1. The van der Waals surface area contributed by atoms with Gasteiger partial charge in [-0.3, -0.25) is 0 Å². The first-order valence-corrected chi connectivity index (χ1v) is 9.21. The lowest BCUT2D eigenvalue weighted by atomic mass is 10.2. The summed E-state index contributed by atoms with van der Waals surface area (Å²) in [6, 6.07) is 9.52. The number of carbonyl (C=O) groups is 1. The van der Waals surface area contributed by atoms with Crippen LogP contribution < -0.4 is 5.32 Å². The van der Waals surface area contributed by atoms with Crippen molar-refractivity contribution in [3.05, 3.63) is 53.2 Å². The number of thiazole rings is 1. The number of aromatic nitrogens is 5. The van der Waals surface area contributed by atoms with Gasteiger partial charge in [0.15, 0.2) is 11.6 Å². The largest absolute Gasteiger partial charge is 0.462 e. The quantitative estimate of drug-likeness (QED) is 0.530. The van der Waals surface area contributed by atoms with Gasteiger partial charge in [-0.1, -0.05) is 30.3 Å². The maximum absolute atomic E-state index is 12.3. The van der Waals surface area contributed by atoms with E-state index in [-0.39, 0.29) is 12.2 Å². The van der Waals surface area contributed by atoms with E-state index in [1.54, 1.807) is 11.4 Å². The van der Waals surface area contributed by atoms with Crippen molar-refractivity contribution in [3.8, 4) is 11.4 Å². The standard InChI is InChI=1S/C18H16N6O2S/c1-3-26-16(25)13-9-19-14(12-7-5-4-6-8-12)20-15(13)21-17-22-18-24(23-17)11(2)10-27-18/h4-10H,3H2,1-2H3,(H,19,20,21,23). The minimum atomic E-state index is -0.503. The van der Waals surface area contributed by atoms with Crippen LogP contribution in [0.15, 0.2) is 41.9 Å². The molecule has 0 aliphatic heterocycles. The predicted octanol–water partition coefficient (Wildman–Crippen LogP) is 3.48. The summed E-state index contributed by atoms with van der Waals surface area (Å²) >= 11 is 1.49. The van der Waals surface area contributed by atoms with Crippen LogP contribution in [0.3, 0.4) is 0 Å². The molecule has 0 saturated carbocycles. The van der Waals surface area contributed by atoms with Gasteiger partial charge in [-0.25, -0.2) is 19.3 Å². The lowest BCUT2D eigenvalue weighted by Gasteiger charge is -2.09. The summed E-state index contributed by atoms with van der Waals surface area (Å²) in [5.74, 6) is 0.645. The summed E-state index contributed by atoms with van der Waals surface area (Å²) in [5, 5.41) is 9.42. The Kier molecular flexibility index (Phi) is 4.51. The molecule has 0 saturated heterocycles. The highest BCUT2D eigenvalue weighted by Crippen LogP contribution is 2.23. The summed E-state index contributed by atoms with van der Waals surface area (Å²) in [6.07, 6.45) is 1.46. The number of rotatable bonds is 5. The van der Waals surface area contributed by atoms with Gasteiger partial charge in [0.1, 0.15) is 5.56 Å². The number of anilines is 2. The molecule has 0 unspecified atom stereocenters. The number of nitrogens with zero attached hydrogens (tertiary/aromatic N) is 5. The summed E-state index contributed by atoms with van der Waals surface area (Å²) in [4.78, 5) is 26.3. The van der Waals surface area contributed by atoms with Crippen LogP contribution in [-0.4, -0.2) is 37.1 Å². The smallest absolute Gasteiger partial charge is 0.343 e. The first-order valence-electron chi connectivity index (χ1n) is 8.33. The summed E-state index contributed by atoms with van der Waals surface area (Å²) in [5.41, 5.74) is 2.05. The fourth-order valence-corrected chi connectivity index (χ4v) is 3.31. The van der Waals surface area contributed by atoms with E-state index < -0.39 is 5.97 Å². The van der Waals surface area contributed by atoms with E-state index in [4.69, 9.17) is 4.74 Å². The number of esters is 1. The Morgan fingerprint density at radius 1 is 1.26 bits per heavy atom. The highest BCUT2D eigenvalue weighted by atomic mass is 32.1. The van der Waals surface area contributed by atoms with E-state index in [9.17, 15) is 4.79 Å². The molecular formula is C18H16N6O2S. The number of fused-ring (bicyclic) bond motifs is 1. The van der Waals surface area contributed by atoms with Crippen LogP contribution in [0, 0.1) is 6.92 Å². The molecule has 4 rings (SSSR count). The average Bonchev–Trinajstić information content (AvgIpc) is 3.24. The molecular weight excluding hydrogens is 364 g/mol. The number of nitrogens with one attached hydrogen (secondary N) is 1. The predicted molar refractivity (Wildman–Crippen MR) is 102 cm³/mol. The third kappa shape index (κ3) is 3.36. The Hall–Kier alpha value is -3.33. The minimum absolute atomic E-state index is 0.228. The third-order valence-corrected chi connectivity index (χ3v) is 4.73. The molecule has 0 fully saturated rings.